The van der Waals surface area contributed by atoms with Gasteiger partial charge in [-0.2, -0.15) is 0 Å². The molecular weight excluding hydrogens is 273 g/mol. The van der Waals surface area contributed by atoms with E-state index in [1.807, 2.05) is 6.92 Å². The van der Waals surface area contributed by atoms with Gasteiger partial charge in [-0.25, -0.2) is 0 Å². The van der Waals surface area contributed by atoms with Crippen LogP contribution in [0, 0.1) is 0 Å². The van der Waals surface area contributed by atoms with Gasteiger partial charge in [0.05, 0.1) is 0 Å². The molecule has 0 aliphatic carbocycles. The average Bonchev–Trinajstić information content (AvgIpc) is 2.24. The standard InChI is InChI=1S/C12H27N3O.2ClH/c1-5-11(3)15(4)9-8-14-12(16)7-6-10(2)13;;/h10-11H,5-9,13H2,1-4H3,(H,14,16);2*1H. The topological polar surface area (TPSA) is 58.4 Å². The maximum Gasteiger partial charge on any atom is 0.220 e. The Morgan fingerprint density at radius 3 is 2.33 bits per heavy atom. The molecule has 4 nitrogen and oxygen atoms in total. The minimum absolute atomic E-state index is 0. The van der Waals surface area contributed by atoms with Gasteiger partial charge in [0.2, 0.25) is 5.91 Å². The van der Waals surface area contributed by atoms with E-state index in [-0.39, 0.29) is 36.8 Å². The molecule has 1 amide bonds. The van der Waals surface area contributed by atoms with Gasteiger partial charge in [-0.05, 0) is 33.7 Å². The Bertz CT molecular complexity index is 204. The van der Waals surface area contributed by atoms with Crippen LogP contribution < -0.4 is 11.1 Å². The highest BCUT2D eigenvalue weighted by Crippen LogP contribution is 1.98. The fourth-order valence-electron chi connectivity index (χ4n) is 1.35. The molecule has 0 aromatic rings. The van der Waals surface area contributed by atoms with Gasteiger partial charge < -0.3 is 16.0 Å². The van der Waals surface area contributed by atoms with E-state index in [9.17, 15) is 4.79 Å². The van der Waals surface area contributed by atoms with Gasteiger partial charge in [-0.1, -0.05) is 6.92 Å². The van der Waals surface area contributed by atoms with Crippen LogP contribution in [-0.4, -0.2) is 43.0 Å². The maximum atomic E-state index is 11.4. The molecule has 6 heteroatoms. The van der Waals surface area contributed by atoms with Crippen LogP contribution >= 0.6 is 24.8 Å². The molecule has 0 saturated carbocycles. The van der Waals surface area contributed by atoms with Crippen molar-refractivity contribution in [3.8, 4) is 0 Å². The highest BCUT2D eigenvalue weighted by molar-refractivity contribution is 5.85. The summed E-state index contributed by atoms with van der Waals surface area (Å²) in [4.78, 5) is 13.6. The maximum absolute atomic E-state index is 11.4. The van der Waals surface area contributed by atoms with Crippen LogP contribution in [0.4, 0.5) is 0 Å². The predicted molar refractivity (Wildman–Crippen MR) is 82.8 cm³/mol. The Kier molecular flexibility index (Phi) is 17.2. The molecule has 3 N–H and O–H groups in total. The first-order chi connectivity index (χ1) is 7.47. The molecule has 0 fully saturated rings. The number of nitrogens with two attached hydrogens (primary N) is 1. The van der Waals surface area contributed by atoms with Crippen LogP contribution in [0.2, 0.25) is 0 Å². The first-order valence-electron chi connectivity index (χ1n) is 6.19. The zero-order valence-corrected chi connectivity index (χ0v) is 13.6. The van der Waals surface area contributed by atoms with Gasteiger partial charge in [-0.3, -0.25) is 4.79 Å². The van der Waals surface area contributed by atoms with Crippen molar-refractivity contribution in [2.75, 3.05) is 20.1 Å². The summed E-state index contributed by atoms with van der Waals surface area (Å²) in [5, 5.41) is 2.91. The molecule has 0 aliphatic heterocycles. The third kappa shape index (κ3) is 12.4. The van der Waals surface area contributed by atoms with Crippen molar-refractivity contribution >= 4 is 30.7 Å². The summed E-state index contributed by atoms with van der Waals surface area (Å²) in [7, 11) is 2.09. The number of likely N-dealkylation sites (N-methyl/N-ethyl adjacent to an activating group) is 1. The summed E-state index contributed by atoms with van der Waals surface area (Å²) >= 11 is 0. The van der Waals surface area contributed by atoms with Crippen LogP contribution in [0.1, 0.15) is 40.0 Å². The number of nitrogens with one attached hydrogen (secondary N) is 1. The van der Waals surface area contributed by atoms with Crippen molar-refractivity contribution < 1.29 is 4.79 Å². The predicted octanol–water partition coefficient (Wildman–Crippen LogP) is 1.80. The van der Waals surface area contributed by atoms with E-state index in [0.717, 1.165) is 25.9 Å². The van der Waals surface area contributed by atoms with Crippen LogP contribution in [0.25, 0.3) is 0 Å². The number of hydrogen-bond donors (Lipinski definition) is 2. The number of rotatable bonds is 8. The third-order valence-electron chi connectivity index (χ3n) is 2.96. The first-order valence-corrected chi connectivity index (χ1v) is 6.19. The summed E-state index contributed by atoms with van der Waals surface area (Å²) in [6.45, 7) is 7.90. The molecule has 0 saturated heterocycles. The fourth-order valence-corrected chi connectivity index (χ4v) is 1.35. The Morgan fingerprint density at radius 1 is 1.33 bits per heavy atom. The van der Waals surface area contributed by atoms with Gasteiger partial charge in [-0.15, -0.1) is 24.8 Å². The van der Waals surface area contributed by atoms with Crippen LogP contribution in [-0.2, 0) is 4.79 Å². The molecule has 0 rings (SSSR count). The van der Waals surface area contributed by atoms with E-state index in [1.165, 1.54) is 0 Å². The van der Waals surface area contributed by atoms with Gasteiger partial charge in [0, 0.05) is 31.6 Å². The monoisotopic (exact) mass is 301 g/mol. The van der Waals surface area contributed by atoms with Gasteiger partial charge in [0.1, 0.15) is 0 Å². The van der Waals surface area contributed by atoms with Crippen molar-refractivity contribution in [1.82, 2.24) is 10.2 Å². The first kappa shape index (κ1) is 23.1. The highest BCUT2D eigenvalue weighted by Gasteiger charge is 2.07. The zero-order valence-electron chi connectivity index (χ0n) is 11.9. The lowest BCUT2D eigenvalue weighted by atomic mass is 10.2. The quantitative estimate of drug-likeness (QED) is 0.719. The molecule has 2 atom stereocenters. The summed E-state index contributed by atoms with van der Waals surface area (Å²) in [6.07, 6.45) is 2.42. The van der Waals surface area contributed by atoms with E-state index in [1.54, 1.807) is 0 Å². The molecular formula is C12H29Cl2N3O. The smallest absolute Gasteiger partial charge is 0.220 e. The van der Waals surface area contributed by atoms with Crippen LogP contribution in [0.15, 0.2) is 0 Å². The van der Waals surface area contributed by atoms with Crippen molar-refractivity contribution in [3.05, 3.63) is 0 Å². The van der Waals surface area contributed by atoms with E-state index in [4.69, 9.17) is 5.73 Å². The number of carbonyl (C=O) groups excluding carboxylic acids is 1. The second kappa shape index (κ2) is 13.4. The fraction of sp³-hybridized carbons (Fsp3) is 0.917. The number of carbonyl (C=O) groups is 1. The lowest BCUT2D eigenvalue weighted by molar-refractivity contribution is -0.121. The van der Waals surface area contributed by atoms with E-state index < -0.39 is 0 Å². The SMILES string of the molecule is CCC(C)N(C)CCNC(=O)CCC(C)N.Cl.Cl. The Hall–Kier alpha value is -0.0300. The second-order valence-electron chi connectivity index (χ2n) is 4.60. The lowest BCUT2D eigenvalue weighted by Gasteiger charge is -2.23. The highest BCUT2D eigenvalue weighted by atomic mass is 35.5. The summed E-state index contributed by atoms with van der Waals surface area (Å²) < 4.78 is 0. The summed E-state index contributed by atoms with van der Waals surface area (Å²) in [6, 6.07) is 0.675. The number of nitrogens with zero attached hydrogens (tertiary/aromatic N) is 1. The van der Waals surface area contributed by atoms with Crippen molar-refractivity contribution in [3.63, 3.8) is 0 Å². The Balaban J connectivity index is -0.00000112. The minimum atomic E-state index is 0. The Labute approximate surface area is 124 Å². The summed E-state index contributed by atoms with van der Waals surface area (Å²) in [5.74, 6) is 0.106. The van der Waals surface area contributed by atoms with Crippen LogP contribution in [0.3, 0.4) is 0 Å². The van der Waals surface area contributed by atoms with Gasteiger partial charge in [0.25, 0.3) is 0 Å². The lowest BCUT2D eigenvalue weighted by Crippen LogP contribution is -2.37. The van der Waals surface area contributed by atoms with Crippen LogP contribution in [0.5, 0.6) is 0 Å². The molecule has 0 spiro atoms. The zero-order chi connectivity index (χ0) is 12.6. The van der Waals surface area contributed by atoms with E-state index in [2.05, 4.69) is 31.1 Å². The van der Waals surface area contributed by atoms with Crippen molar-refractivity contribution in [1.29, 1.82) is 0 Å². The van der Waals surface area contributed by atoms with Gasteiger partial charge in [0.15, 0.2) is 0 Å². The number of hydrogen-bond acceptors (Lipinski definition) is 3. The largest absolute Gasteiger partial charge is 0.355 e. The second-order valence-corrected chi connectivity index (χ2v) is 4.60. The minimum Gasteiger partial charge on any atom is -0.355 e. The molecule has 0 radical (unpaired) electrons. The summed E-state index contributed by atoms with van der Waals surface area (Å²) in [5.41, 5.74) is 5.59. The number of halogens is 2. The molecule has 2 unspecified atom stereocenters. The Morgan fingerprint density at radius 2 is 1.89 bits per heavy atom. The molecule has 0 aromatic carbocycles. The molecule has 0 aromatic heterocycles. The van der Waals surface area contributed by atoms with Gasteiger partial charge >= 0.3 is 0 Å². The number of amides is 1. The molecule has 0 bridgehead atoms. The molecule has 0 aliphatic rings. The molecule has 18 heavy (non-hydrogen) atoms. The van der Waals surface area contributed by atoms with Crippen molar-refractivity contribution in [2.24, 2.45) is 5.73 Å². The normalized spacial score (nSPS) is 13.2. The van der Waals surface area contributed by atoms with E-state index >= 15 is 0 Å². The van der Waals surface area contributed by atoms with E-state index in [0.29, 0.717) is 12.5 Å². The average molecular weight is 302 g/mol. The van der Waals surface area contributed by atoms with Crippen molar-refractivity contribution in [2.45, 2.75) is 52.1 Å². The third-order valence-corrected chi connectivity index (χ3v) is 2.96. The molecule has 0 heterocycles. The molecule has 112 valence electrons.